The van der Waals surface area contributed by atoms with E-state index in [-0.39, 0.29) is 5.84 Å². The Bertz CT molecular complexity index is 552. The van der Waals surface area contributed by atoms with Crippen molar-refractivity contribution in [1.82, 2.24) is 19.7 Å². The first-order valence-electron chi connectivity index (χ1n) is 4.67. The fraction of sp³-hybridized carbons (Fsp3) is 0.111. The van der Waals surface area contributed by atoms with Crippen molar-refractivity contribution in [2.75, 3.05) is 0 Å². The van der Waals surface area contributed by atoms with Gasteiger partial charge in [0.2, 0.25) is 0 Å². The predicted molar refractivity (Wildman–Crippen MR) is 61.9 cm³/mol. The summed E-state index contributed by atoms with van der Waals surface area (Å²) < 4.78 is 1.76. The number of aromatic nitrogens is 4. The van der Waals surface area contributed by atoms with Gasteiger partial charge in [0, 0.05) is 13.2 Å². The van der Waals surface area contributed by atoms with Gasteiger partial charge in [-0.3, -0.25) is 0 Å². The van der Waals surface area contributed by atoms with Gasteiger partial charge in [-0.25, -0.2) is 4.98 Å². The predicted octanol–water partition coefficient (Wildman–Crippen LogP) is 0.456. The molecule has 17 heavy (non-hydrogen) atoms. The Balaban J connectivity index is 2.36. The Morgan fingerprint density at radius 2 is 2.41 bits per heavy atom. The van der Waals surface area contributed by atoms with Crippen LogP contribution in [0, 0.1) is 0 Å². The highest BCUT2D eigenvalue weighted by Gasteiger charge is 2.12. The zero-order valence-corrected chi connectivity index (χ0v) is 9.79. The van der Waals surface area contributed by atoms with Crippen LogP contribution in [-0.4, -0.2) is 30.8 Å². The highest BCUT2D eigenvalue weighted by atomic mass is 32.2. The van der Waals surface area contributed by atoms with E-state index >= 15 is 0 Å². The van der Waals surface area contributed by atoms with Crippen LogP contribution >= 0.6 is 11.8 Å². The van der Waals surface area contributed by atoms with Crippen LogP contribution in [0.1, 0.15) is 5.56 Å². The van der Waals surface area contributed by atoms with Crippen molar-refractivity contribution in [3.63, 3.8) is 0 Å². The van der Waals surface area contributed by atoms with Crippen molar-refractivity contribution < 1.29 is 5.21 Å². The highest BCUT2D eigenvalue weighted by molar-refractivity contribution is 7.99. The summed E-state index contributed by atoms with van der Waals surface area (Å²) >= 11 is 1.30. The van der Waals surface area contributed by atoms with E-state index in [1.165, 1.54) is 11.8 Å². The number of nitrogens with zero attached hydrogens (tertiary/aromatic N) is 5. The lowest BCUT2D eigenvalue weighted by molar-refractivity contribution is 0.318. The summed E-state index contributed by atoms with van der Waals surface area (Å²) in [5.41, 5.74) is 6.12. The molecule has 2 rings (SSSR count). The van der Waals surface area contributed by atoms with Gasteiger partial charge in [0.25, 0.3) is 0 Å². The van der Waals surface area contributed by atoms with Gasteiger partial charge in [0.15, 0.2) is 11.0 Å². The summed E-state index contributed by atoms with van der Waals surface area (Å²) in [5.74, 6) is 0.0165. The molecule has 2 heterocycles. The Labute approximate surface area is 101 Å². The first-order chi connectivity index (χ1) is 8.22. The minimum atomic E-state index is 0.0165. The average molecular weight is 250 g/mol. The number of oxime groups is 1. The molecule has 0 spiro atoms. The summed E-state index contributed by atoms with van der Waals surface area (Å²) in [6, 6.07) is 3.44. The van der Waals surface area contributed by atoms with E-state index < -0.39 is 0 Å². The van der Waals surface area contributed by atoms with Crippen molar-refractivity contribution in [2.45, 2.75) is 10.2 Å². The van der Waals surface area contributed by atoms with E-state index in [1.807, 2.05) is 7.05 Å². The zero-order chi connectivity index (χ0) is 12.3. The van der Waals surface area contributed by atoms with Crippen molar-refractivity contribution in [3.05, 3.63) is 30.2 Å². The van der Waals surface area contributed by atoms with E-state index in [0.717, 1.165) is 0 Å². The van der Waals surface area contributed by atoms with Gasteiger partial charge in [-0.05, 0) is 23.9 Å². The molecule has 8 heteroatoms. The largest absolute Gasteiger partial charge is 0.409 e. The number of hydrogen-bond donors (Lipinski definition) is 2. The van der Waals surface area contributed by atoms with E-state index in [9.17, 15) is 0 Å². The molecule has 2 aromatic heterocycles. The molecule has 0 fully saturated rings. The Kier molecular flexibility index (Phi) is 3.24. The van der Waals surface area contributed by atoms with Crippen LogP contribution in [0.4, 0.5) is 0 Å². The van der Waals surface area contributed by atoms with Crippen LogP contribution in [0.25, 0.3) is 0 Å². The lowest BCUT2D eigenvalue weighted by Gasteiger charge is -2.05. The molecule has 3 N–H and O–H groups in total. The maximum atomic E-state index is 8.69. The van der Waals surface area contributed by atoms with E-state index in [4.69, 9.17) is 10.9 Å². The van der Waals surface area contributed by atoms with Crippen LogP contribution in [0.3, 0.4) is 0 Å². The number of nitrogens with two attached hydrogens (primary N) is 1. The van der Waals surface area contributed by atoms with E-state index in [2.05, 4.69) is 20.3 Å². The number of hydrogen-bond acceptors (Lipinski definition) is 6. The van der Waals surface area contributed by atoms with Gasteiger partial charge < -0.3 is 15.5 Å². The van der Waals surface area contributed by atoms with Crippen molar-refractivity contribution in [3.8, 4) is 0 Å². The zero-order valence-electron chi connectivity index (χ0n) is 8.98. The summed E-state index contributed by atoms with van der Waals surface area (Å²) in [7, 11) is 1.83. The van der Waals surface area contributed by atoms with Gasteiger partial charge in [-0.1, -0.05) is 5.16 Å². The van der Waals surface area contributed by atoms with Gasteiger partial charge in [0.05, 0.1) is 5.56 Å². The monoisotopic (exact) mass is 250 g/mol. The van der Waals surface area contributed by atoms with Crippen molar-refractivity contribution >= 4 is 17.6 Å². The molecule has 7 nitrogen and oxygen atoms in total. The lowest BCUT2D eigenvalue weighted by Crippen LogP contribution is -2.14. The summed E-state index contributed by atoms with van der Waals surface area (Å²) in [6.45, 7) is 0. The summed E-state index contributed by atoms with van der Waals surface area (Å²) in [4.78, 5) is 4.17. The fourth-order valence-electron chi connectivity index (χ4n) is 1.17. The molecule has 0 unspecified atom stereocenters. The smallest absolute Gasteiger partial charge is 0.197 e. The molecular formula is C9H10N6OS. The van der Waals surface area contributed by atoms with Crippen LogP contribution < -0.4 is 5.73 Å². The Morgan fingerprint density at radius 3 is 3.06 bits per heavy atom. The van der Waals surface area contributed by atoms with Crippen LogP contribution in [-0.2, 0) is 7.05 Å². The third-order valence-electron chi connectivity index (χ3n) is 2.01. The SMILES string of the molecule is Cn1cnnc1Sc1ncccc1/C(N)=N/O. The summed E-state index contributed by atoms with van der Waals surface area (Å²) in [6.07, 6.45) is 3.22. The van der Waals surface area contributed by atoms with Gasteiger partial charge in [-0.2, -0.15) is 0 Å². The molecule has 0 aromatic carbocycles. The first kappa shape index (κ1) is 11.4. The van der Waals surface area contributed by atoms with Gasteiger partial charge in [0.1, 0.15) is 11.4 Å². The molecule has 0 atom stereocenters. The standard InChI is InChI=1S/C9H10N6OS/c1-15-5-12-13-9(15)17-8-6(7(10)14-16)3-2-4-11-8/h2-5,16H,1H3,(H2,10,14). The lowest BCUT2D eigenvalue weighted by atomic mass is 10.3. The number of pyridine rings is 1. The van der Waals surface area contributed by atoms with E-state index in [1.54, 1.807) is 29.2 Å². The fourth-order valence-corrected chi connectivity index (χ4v) is 2.02. The molecular weight excluding hydrogens is 240 g/mol. The third-order valence-corrected chi connectivity index (χ3v) is 3.08. The van der Waals surface area contributed by atoms with Crippen LogP contribution in [0.2, 0.25) is 0 Å². The Morgan fingerprint density at radius 1 is 1.59 bits per heavy atom. The first-order valence-corrected chi connectivity index (χ1v) is 5.48. The quantitative estimate of drug-likeness (QED) is 0.355. The number of rotatable bonds is 3. The molecule has 88 valence electrons. The average Bonchev–Trinajstić information content (AvgIpc) is 2.75. The van der Waals surface area contributed by atoms with Gasteiger partial charge >= 0.3 is 0 Å². The Hall–Kier alpha value is -2.09. The molecule has 0 saturated heterocycles. The molecule has 2 aromatic rings. The topological polar surface area (TPSA) is 102 Å². The molecule has 0 amide bonds. The van der Waals surface area contributed by atoms with E-state index in [0.29, 0.717) is 15.7 Å². The summed E-state index contributed by atoms with van der Waals surface area (Å²) in [5, 5.41) is 20.6. The number of aryl methyl sites for hydroxylation is 1. The molecule has 0 aliphatic rings. The molecule has 0 bridgehead atoms. The number of amidine groups is 1. The second-order valence-corrected chi connectivity index (χ2v) is 4.12. The highest BCUT2D eigenvalue weighted by Crippen LogP contribution is 2.26. The molecule has 0 saturated carbocycles. The molecule has 0 aliphatic carbocycles. The molecule has 0 aliphatic heterocycles. The maximum absolute atomic E-state index is 8.69. The molecule has 0 radical (unpaired) electrons. The minimum absolute atomic E-state index is 0.0165. The van der Waals surface area contributed by atoms with Crippen LogP contribution in [0.15, 0.2) is 40.0 Å². The maximum Gasteiger partial charge on any atom is 0.197 e. The van der Waals surface area contributed by atoms with Crippen molar-refractivity contribution in [1.29, 1.82) is 0 Å². The van der Waals surface area contributed by atoms with Crippen LogP contribution in [0.5, 0.6) is 0 Å². The normalized spacial score (nSPS) is 11.7. The van der Waals surface area contributed by atoms with Crippen molar-refractivity contribution in [2.24, 2.45) is 17.9 Å². The van der Waals surface area contributed by atoms with Gasteiger partial charge in [-0.15, -0.1) is 10.2 Å². The third kappa shape index (κ3) is 2.36. The second-order valence-electron chi connectivity index (χ2n) is 3.17. The second kappa shape index (κ2) is 4.83. The minimum Gasteiger partial charge on any atom is -0.409 e.